The molecule has 0 atom stereocenters. The summed E-state index contributed by atoms with van der Waals surface area (Å²) in [6.07, 6.45) is 7.10. The molecule has 3 heterocycles. The zero-order valence-electron chi connectivity index (χ0n) is 18.0. The molecule has 0 bridgehead atoms. The molecule has 1 amide bonds. The van der Waals surface area contributed by atoms with Gasteiger partial charge in [0.15, 0.2) is 0 Å². The van der Waals surface area contributed by atoms with Gasteiger partial charge in [-0.3, -0.25) is 0 Å². The molecule has 3 rings (SSSR count). The third-order valence-electron chi connectivity index (χ3n) is 4.58. The van der Waals surface area contributed by atoms with E-state index in [4.69, 9.17) is 10.1 Å². The predicted octanol–water partition coefficient (Wildman–Crippen LogP) is 2.47. The van der Waals surface area contributed by atoms with Crippen LogP contribution in [0.25, 0.3) is 16.6 Å². The van der Waals surface area contributed by atoms with Gasteiger partial charge in [-0.1, -0.05) is 6.08 Å². The highest BCUT2D eigenvalue weighted by Gasteiger charge is 2.24. The summed E-state index contributed by atoms with van der Waals surface area (Å²) in [5.74, 6) is 0.647. The number of aromatic amines is 1. The number of anilines is 1. The number of carbonyl (C=O) groups excluding carboxylic acids is 1. The van der Waals surface area contributed by atoms with Crippen molar-refractivity contribution in [2.24, 2.45) is 0 Å². The number of aromatic nitrogens is 3. The lowest BCUT2D eigenvalue weighted by Crippen LogP contribution is -2.77. The first-order chi connectivity index (χ1) is 14.3. The number of nitrogens with one attached hydrogen (secondary N) is 3. The molecule has 0 radical (unpaired) electrons. The first-order valence-electron chi connectivity index (χ1n) is 10.1. The quantitative estimate of drug-likeness (QED) is 0.543. The van der Waals surface area contributed by atoms with Gasteiger partial charge in [0, 0.05) is 25.0 Å². The Morgan fingerprint density at radius 3 is 2.87 bits per heavy atom. The number of fused-ring (bicyclic) bond motifs is 1. The van der Waals surface area contributed by atoms with E-state index < -0.39 is 5.60 Å². The Morgan fingerprint density at radius 2 is 2.23 bits per heavy atom. The minimum atomic E-state index is -0.501. The van der Waals surface area contributed by atoms with E-state index >= 15 is 0 Å². The minimum absolute atomic E-state index is 0.290. The number of allylic oxidation sites excluding steroid dienone is 1. The Hall–Kier alpha value is -3.20. The van der Waals surface area contributed by atoms with E-state index in [9.17, 15) is 4.79 Å². The van der Waals surface area contributed by atoms with Crippen molar-refractivity contribution in [3.63, 3.8) is 0 Å². The Balaban J connectivity index is 1.78. The number of H-pyrrole nitrogens is 1. The molecule has 30 heavy (non-hydrogen) atoms. The third-order valence-corrected chi connectivity index (χ3v) is 4.58. The average molecular weight is 413 g/mol. The number of nitrogens with zero attached hydrogens (tertiary/aromatic N) is 3. The molecular formula is C21H30N7O2+. The highest BCUT2D eigenvalue weighted by atomic mass is 16.6. The monoisotopic (exact) mass is 412 g/mol. The molecule has 1 aliphatic rings. The van der Waals surface area contributed by atoms with Gasteiger partial charge in [0.1, 0.15) is 35.3 Å². The summed E-state index contributed by atoms with van der Waals surface area (Å²) in [7, 11) is 0. The Bertz CT molecular complexity index is 985. The van der Waals surface area contributed by atoms with Crippen LogP contribution in [0.4, 0.5) is 10.6 Å². The average Bonchev–Trinajstić information content (AvgIpc) is 3.15. The molecule has 0 unspecified atom stereocenters. The number of rotatable bonds is 6. The highest BCUT2D eigenvalue weighted by molar-refractivity contribution is 5.93. The van der Waals surface area contributed by atoms with Gasteiger partial charge in [-0.05, 0) is 45.8 Å². The first kappa shape index (κ1) is 21.5. The summed E-state index contributed by atoms with van der Waals surface area (Å²) >= 11 is 0. The van der Waals surface area contributed by atoms with Gasteiger partial charge in [-0.15, -0.1) is 0 Å². The summed E-state index contributed by atoms with van der Waals surface area (Å²) in [5.41, 5.74) is 2.96. The van der Waals surface area contributed by atoms with Crippen molar-refractivity contribution in [1.82, 2.24) is 19.9 Å². The molecule has 2 aromatic rings. The van der Waals surface area contributed by atoms with E-state index in [0.29, 0.717) is 24.6 Å². The topological polar surface area (TPSA) is 124 Å². The van der Waals surface area contributed by atoms with Gasteiger partial charge in [-0.25, -0.2) is 14.8 Å². The zero-order valence-corrected chi connectivity index (χ0v) is 18.0. The molecule has 0 aromatic carbocycles. The number of amides is 1. The number of hydrogen-bond donors (Lipinski definition) is 4. The lowest BCUT2D eigenvalue weighted by Gasteiger charge is -2.29. The molecule has 1 aliphatic heterocycles. The molecule has 0 fully saturated rings. The summed E-state index contributed by atoms with van der Waals surface area (Å²) in [4.78, 5) is 26.0. The van der Waals surface area contributed by atoms with Gasteiger partial charge < -0.3 is 30.7 Å². The molecule has 9 nitrogen and oxygen atoms in total. The molecule has 0 saturated heterocycles. The van der Waals surface area contributed by atoms with Crippen LogP contribution in [0.3, 0.4) is 0 Å². The van der Waals surface area contributed by atoms with E-state index in [2.05, 4.69) is 20.3 Å². The van der Waals surface area contributed by atoms with Gasteiger partial charge in [0.05, 0.1) is 11.9 Å². The standard InChI is InChI=1S/C21H29N7O2/c1-5-23-12-15(11-22)26-18-16-10-17(27-19(16)25-13-24-18)14-6-8-28(9-7-14)20(29)30-21(2,3)4/h6,10-13,22-23H,5,7-9H2,1-4H3,(H2,24,25,26,27)/p+1/b15-12+,22-11?. The van der Waals surface area contributed by atoms with Crippen LogP contribution in [0, 0.1) is 5.41 Å². The molecule has 5 N–H and O–H groups in total. The number of hydrogen-bond acceptors (Lipinski definition) is 6. The van der Waals surface area contributed by atoms with E-state index in [0.717, 1.165) is 35.3 Å². The maximum absolute atomic E-state index is 12.3. The normalized spacial score (nSPS) is 15.1. The maximum Gasteiger partial charge on any atom is 0.410 e. The predicted molar refractivity (Wildman–Crippen MR) is 117 cm³/mol. The Kier molecular flexibility index (Phi) is 6.51. The molecule has 0 aliphatic carbocycles. The second-order valence-electron chi connectivity index (χ2n) is 8.11. The highest BCUT2D eigenvalue weighted by Crippen LogP contribution is 2.28. The van der Waals surface area contributed by atoms with Crippen molar-refractivity contribution in [2.45, 2.75) is 39.7 Å². The van der Waals surface area contributed by atoms with Crippen LogP contribution in [0.15, 0.2) is 30.4 Å². The Morgan fingerprint density at radius 1 is 1.43 bits per heavy atom. The van der Waals surface area contributed by atoms with Crippen LogP contribution in [0.5, 0.6) is 0 Å². The summed E-state index contributed by atoms with van der Waals surface area (Å²) in [6.45, 7) is 9.64. The summed E-state index contributed by atoms with van der Waals surface area (Å²) < 4.78 is 5.45. The van der Waals surface area contributed by atoms with Gasteiger partial charge in [0.2, 0.25) is 0 Å². The van der Waals surface area contributed by atoms with E-state index in [1.165, 1.54) is 12.5 Å². The molecule has 9 heteroatoms. The largest absolute Gasteiger partial charge is 0.444 e. The van der Waals surface area contributed by atoms with Crippen LogP contribution >= 0.6 is 0 Å². The lowest BCUT2D eigenvalue weighted by molar-refractivity contribution is -0.584. The second kappa shape index (κ2) is 9.08. The summed E-state index contributed by atoms with van der Waals surface area (Å²) in [5, 5.41) is 13.6. The molecule has 2 aromatic heterocycles. The van der Waals surface area contributed by atoms with Crippen molar-refractivity contribution >= 4 is 34.7 Å². The Labute approximate surface area is 176 Å². The van der Waals surface area contributed by atoms with Crippen LogP contribution < -0.4 is 10.6 Å². The molecule has 160 valence electrons. The summed E-state index contributed by atoms with van der Waals surface area (Å²) in [6, 6.07) is 2.01. The first-order valence-corrected chi connectivity index (χ1v) is 10.1. The van der Waals surface area contributed by atoms with Crippen molar-refractivity contribution in [3.8, 4) is 0 Å². The van der Waals surface area contributed by atoms with Crippen molar-refractivity contribution in [2.75, 3.05) is 25.0 Å². The fourth-order valence-electron chi connectivity index (χ4n) is 3.13. The second-order valence-corrected chi connectivity index (χ2v) is 8.11. The lowest BCUT2D eigenvalue weighted by atomic mass is 10.1. The van der Waals surface area contributed by atoms with E-state index in [1.54, 1.807) is 4.90 Å². The van der Waals surface area contributed by atoms with Crippen molar-refractivity contribution in [3.05, 3.63) is 36.1 Å². The van der Waals surface area contributed by atoms with Gasteiger partial charge >= 0.3 is 6.09 Å². The van der Waals surface area contributed by atoms with Gasteiger partial charge in [-0.2, -0.15) is 0 Å². The SMILES string of the molecule is CC[NH2+]/C=C(\C=N)Nc1ncnc2[nH]c(C3=CCN(C(=O)OC(C)(C)C)CC3)cc12. The van der Waals surface area contributed by atoms with E-state index in [1.807, 2.05) is 51.4 Å². The fraction of sp³-hybridized carbons (Fsp3) is 0.429. The minimum Gasteiger partial charge on any atom is -0.444 e. The van der Waals surface area contributed by atoms with Crippen molar-refractivity contribution < 1.29 is 14.8 Å². The van der Waals surface area contributed by atoms with Crippen LogP contribution in [-0.4, -0.2) is 57.4 Å². The number of ether oxygens (including phenoxy) is 1. The molecule has 0 spiro atoms. The van der Waals surface area contributed by atoms with Crippen LogP contribution in [-0.2, 0) is 4.74 Å². The van der Waals surface area contributed by atoms with Crippen LogP contribution in [0.2, 0.25) is 0 Å². The molecule has 0 saturated carbocycles. The van der Waals surface area contributed by atoms with E-state index in [-0.39, 0.29) is 6.09 Å². The maximum atomic E-state index is 12.3. The smallest absolute Gasteiger partial charge is 0.410 e. The van der Waals surface area contributed by atoms with Gasteiger partial charge in [0.25, 0.3) is 0 Å². The zero-order chi connectivity index (χ0) is 21.7. The fourth-order valence-corrected chi connectivity index (χ4v) is 3.13. The molecular weight excluding hydrogens is 382 g/mol. The third kappa shape index (κ3) is 5.24. The number of carbonyl (C=O) groups is 1. The number of nitrogens with two attached hydrogens (primary N) is 1. The van der Waals surface area contributed by atoms with Crippen molar-refractivity contribution in [1.29, 1.82) is 5.41 Å². The number of quaternary nitrogens is 1. The van der Waals surface area contributed by atoms with Crippen LogP contribution in [0.1, 0.15) is 39.8 Å².